The molecule has 0 aliphatic rings. The second-order valence-corrected chi connectivity index (χ2v) is 10.1. The van der Waals surface area contributed by atoms with Gasteiger partial charge in [-0.2, -0.15) is 0 Å². The quantitative estimate of drug-likeness (QED) is 0.358. The van der Waals surface area contributed by atoms with Crippen LogP contribution < -0.4 is 10.1 Å². The van der Waals surface area contributed by atoms with E-state index in [2.05, 4.69) is 35.1 Å². The van der Waals surface area contributed by atoms with E-state index in [4.69, 9.17) is 27.9 Å². The highest BCUT2D eigenvalue weighted by atomic mass is 79.9. The first kappa shape index (κ1) is 27.5. The molecular formula is C25H31BrCl2N2O3. The monoisotopic (exact) mass is 556 g/mol. The summed E-state index contributed by atoms with van der Waals surface area (Å²) in [6.45, 7) is 9.70. The minimum absolute atomic E-state index is 0.0564. The van der Waals surface area contributed by atoms with Crippen LogP contribution in [0.3, 0.4) is 0 Å². The molecule has 2 aromatic rings. The SMILES string of the molecule is CC[C@@H](C(=O)NC(C)C)N(Cc1c(Cl)cccc1Cl)C(=O)COc1ccc(C(C)C)cc1Br. The molecular weight excluding hydrogens is 527 g/mol. The van der Waals surface area contributed by atoms with Crippen LogP contribution in [0, 0.1) is 0 Å². The van der Waals surface area contributed by atoms with Gasteiger partial charge in [0.15, 0.2) is 6.61 Å². The zero-order chi connectivity index (χ0) is 24.7. The number of carbonyl (C=O) groups is 2. The van der Waals surface area contributed by atoms with Crippen LogP contribution in [0.25, 0.3) is 0 Å². The molecule has 0 unspecified atom stereocenters. The Balaban J connectivity index is 2.29. The maximum Gasteiger partial charge on any atom is 0.261 e. The molecule has 2 aromatic carbocycles. The zero-order valence-electron chi connectivity index (χ0n) is 19.6. The molecule has 33 heavy (non-hydrogen) atoms. The van der Waals surface area contributed by atoms with Crippen LogP contribution in [0.5, 0.6) is 5.75 Å². The van der Waals surface area contributed by atoms with Crippen LogP contribution in [-0.2, 0) is 16.1 Å². The van der Waals surface area contributed by atoms with E-state index >= 15 is 0 Å². The Labute approximate surface area is 214 Å². The standard InChI is InChI=1S/C25H31BrCl2N2O3/c1-6-22(25(32)29-16(4)5)30(13-18-20(27)8-7-9-21(18)28)24(31)14-33-23-11-10-17(15(2)3)12-19(23)26/h7-12,15-16,22H,6,13-14H2,1-5H3,(H,29,32)/t22-/m0/s1. The van der Waals surface area contributed by atoms with E-state index in [1.807, 2.05) is 39.0 Å². The fourth-order valence-corrected chi connectivity index (χ4v) is 4.40. The average Bonchev–Trinajstić information content (AvgIpc) is 2.73. The Hall–Kier alpha value is -1.76. The second-order valence-electron chi connectivity index (χ2n) is 8.44. The molecule has 0 saturated carbocycles. The fourth-order valence-electron chi connectivity index (χ4n) is 3.37. The van der Waals surface area contributed by atoms with Crippen molar-refractivity contribution in [2.75, 3.05) is 6.61 Å². The molecule has 180 valence electrons. The van der Waals surface area contributed by atoms with Gasteiger partial charge in [0.05, 0.1) is 4.47 Å². The van der Waals surface area contributed by atoms with E-state index < -0.39 is 6.04 Å². The summed E-state index contributed by atoms with van der Waals surface area (Å²) in [7, 11) is 0. The number of benzene rings is 2. The van der Waals surface area contributed by atoms with E-state index in [-0.39, 0.29) is 31.0 Å². The van der Waals surface area contributed by atoms with Gasteiger partial charge in [-0.25, -0.2) is 0 Å². The molecule has 0 spiro atoms. The molecule has 0 aliphatic carbocycles. The molecule has 0 aromatic heterocycles. The molecule has 1 N–H and O–H groups in total. The highest BCUT2D eigenvalue weighted by Gasteiger charge is 2.30. The molecule has 0 heterocycles. The highest BCUT2D eigenvalue weighted by molar-refractivity contribution is 9.10. The van der Waals surface area contributed by atoms with Gasteiger partial charge < -0.3 is 15.0 Å². The third kappa shape index (κ3) is 7.62. The van der Waals surface area contributed by atoms with E-state index in [0.717, 1.165) is 10.0 Å². The average molecular weight is 558 g/mol. The first-order chi connectivity index (χ1) is 15.5. The number of halogens is 3. The van der Waals surface area contributed by atoms with E-state index in [1.165, 1.54) is 4.90 Å². The van der Waals surface area contributed by atoms with E-state index in [1.54, 1.807) is 18.2 Å². The number of rotatable bonds is 10. The number of carbonyl (C=O) groups excluding carboxylic acids is 2. The Morgan fingerprint density at radius 3 is 2.24 bits per heavy atom. The van der Waals surface area contributed by atoms with Crippen LogP contribution in [0.15, 0.2) is 40.9 Å². The van der Waals surface area contributed by atoms with Crippen molar-refractivity contribution >= 4 is 50.9 Å². The fraction of sp³-hybridized carbons (Fsp3) is 0.440. The molecule has 2 amide bonds. The van der Waals surface area contributed by atoms with Crippen molar-refractivity contribution in [1.82, 2.24) is 10.2 Å². The molecule has 0 fully saturated rings. The van der Waals surface area contributed by atoms with Crippen LogP contribution in [-0.4, -0.2) is 35.4 Å². The van der Waals surface area contributed by atoms with Crippen molar-refractivity contribution < 1.29 is 14.3 Å². The minimum atomic E-state index is -0.692. The van der Waals surface area contributed by atoms with Gasteiger partial charge in [-0.15, -0.1) is 0 Å². The molecule has 5 nitrogen and oxygen atoms in total. The number of nitrogens with zero attached hydrogens (tertiary/aromatic N) is 1. The van der Waals surface area contributed by atoms with E-state index in [0.29, 0.717) is 33.7 Å². The summed E-state index contributed by atoms with van der Waals surface area (Å²) in [5.41, 5.74) is 1.75. The molecule has 0 radical (unpaired) electrons. The summed E-state index contributed by atoms with van der Waals surface area (Å²) in [4.78, 5) is 27.7. The lowest BCUT2D eigenvalue weighted by molar-refractivity contribution is -0.143. The van der Waals surface area contributed by atoms with Gasteiger partial charge >= 0.3 is 0 Å². The summed E-state index contributed by atoms with van der Waals surface area (Å²) >= 11 is 16.2. The number of hydrogen-bond acceptors (Lipinski definition) is 3. The van der Waals surface area contributed by atoms with Gasteiger partial charge in [-0.3, -0.25) is 9.59 Å². The van der Waals surface area contributed by atoms with Crippen molar-refractivity contribution in [3.63, 3.8) is 0 Å². The van der Waals surface area contributed by atoms with Gasteiger partial charge in [-0.1, -0.05) is 56.1 Å². The van der Waals surface area contributed by atoms with Gasteiger partial charge in [0.2, 0.25) is 5.91 Å². The maximum atomic E-state index is 13.3. The normalized spacial score (nSPS) is 12.1. The van der Waals surface area contributed by atoms with Gasteiger partial charge in [0, 0.05) is 28.2 Å². The Bertz CT molecular complexity index is 962. The highest BCUT2D eigenvalue weighted by Crippen LogP contribution is 2.30. The van der Waals surface area contributed by atoms with Crippen molar-refractivity contribution in [2.45, 2.75) is 65.6 Å². The predicted octanol–water partition coefficient (Wildman–Crippen LogP) is 6.59. The Morgan fingerprint density at radius 2 is 1.73 bits per heavy atom. The summed E-state index contributed by atoms with van der Waals surface area (Å²) in [6, 6.07) is 10.2. The summed E-state index contributed by atoms with van der Waals surface area (Å²) in [5, 5.41) is 3.77. The molecule has 0 saturated heterocycles. The van der Waals surface area contributed by atoms with Crippen molar-refractivity contribution in [2.24, 2.45) is 0 Å². The lowest BCUT2D eigenvalue weighted by atomic mass is 10.0. The molecule has 2 rings (SSSR count). The van der Waals surface area contributed by atoms with Gasteiger partial charge in [0.1, 0.15) is 11.8 Å². The summed E-state index contributed by atoms with van der Waals surface area (Å²) < 4.78 is 6.60. The minimum Gasteiger partial charge on any atom is -0.483 e. The third-order valence-corrected chi connectivity index (χ3v) is 6.51. The Kier molecular flexibility index (Phi) is 10.5. The van der Waals surface area contributed by atoms with Crippen molar-refractivity contribution in [3.05, 3.63) is 62.0 Å². The largest absolute Gasteiger partial charge is 0.483 e. The van der Waals surface area contributed by atoms with Crippen molar-refractivity contribution in [1.29, 1.82) is 0 Å². The zero-order valence-corrected chi connectivity index (χ0v) is 22.7. The lowest BCUT2D eigenvalue weighted by Crippen LogP contribution is -2.51. The second kappa shape index (κ2) is 12.6. The van der Waals surface area contributed by atoms with Crippen LogP contribution in [0.1, 0.15) is 58.1 Å². The first-order valence-electron chi connectivity index (χ1n) is 11.0. The van der Waals surface area contributed by atoms with Gasteiger partial charge in [-0.05, 0) is 71.9 Å². The third-order valence-electron chi connectivity index (χ3n) is 5.18. The number of ether oxygens (including phenoxy) is 1. The first-order valence-corrected chi connectivity index (χ1v) is 12.5. The molecule has 8 heteroatoms. The number of amides is 2. The maximum absolute atomic E-state index is 13.3. The number of hydrogen-bond donors (Lipinski definition) is 1. The van der Waals surface area contributed by atoms with Crippen LogP contribution in [0.2, 0.25) is 10.0 Å². The van der Waals surface area contributed by atoms with Gasteiger partial charge in [0.25, 0.3) is 5.91 Å². The molecule has 0 bridgehead atoms. The Morgan fingerprint density at radius 1 is 1.09 bits per heavy atom. The summed E-state index contributed by atoms with van der Waals surface area (Å²) in [6.07, 6.45) is 0.430. The molecule has 0 aliphatic heterocycles. The number of nitrogens with one attached hydrogen (secondary N) is 1. The summed E-state index contributed by atoms with van der Waals surface area (Å²) in [5.74, 6) is 0.365. The molecule has 1 atom stereocenters. The smallest absolute Gasteiger partial charge is 0.261 e. The predicted molar refractivity (Wildman–Crippen MR) is 138 cm³/mol. The topological polar surface area (TPSA) is 58.6 Å². The van der Waals surface area contributed by atoms with Crippen LogP contribution in [0.4, 0.5) is 0 Å². The van der Waals surface area contributed by atoms with Crippen LogP contribution >= 0.6 is 39.1 Å². The van der Waals surface area contributed by atoms with Crippen molar-refractivity contribution in [3.8, 4) is 5.75 Å². The lowest BCUT2D eigenvalue weighted by Gasteiger charge is -2.31. The van der Waals surface area contributed by atoms with E-state index in [9.17, 15) is 9.59 Å².